The lowest BCUT2D eigenvalue weighted by Crippen LogP contribution is -2.02. The molecule has 82 valence electrons. The quantitative estimate of drug-likeness (QED) is 0.825. The molecule has 0 saturated carbocycles. The first kappa shape index (κ1) is 10.6. The summed E-state index contributed by atoms with van der Waals surface area (Å²) in [6.45, 7) is 0. The minimum atomic E-state index is -0.395. The Balaban J connectivity index is 2.10. The summed E-state index contributed by atoms with van der Waals surface area (Å²) in [6, 6.07) is 3.35. The fourth-order valence-corrected chi connectivity index (χ4v) is 1.64. The van der Waals surface area contributed by atoms with Gasteiger partial charge in [-0.2, -0.15) is 0 Å². The minimum Gasteiger partial charge on any atom is -0.465 e. The van der Waals surface area contributed by atoms with Crippen LogP contribution in [0.1, 0.15) is 10.4 Å². The zero-order valence-corrected chi connectivity index (χ0v) is 9.32. The maximum absolute atomic E-state index is 11.1. The predicted molar refractivity (Wildman–Crippen MR) is 61.0 cm³/mol. The average Bonchev–Trinajstić information content (AvgIpc) is 2.82. The average molecular weight is 235 g/mol. The van der Waals surface area contributed by atoms with Gasteiger partial charge in [0, 0.05) is 17.8 Å². The van der Waals surface area contributed by atoms with E-state index in [-0.39, 0.29) is 0 Å². The van der Waals surface area contributed by atoms with Gasteiger partial charge < -0.3 is 10.1 Å². The van der Waals surface area contributed by atoms with Gasteiger partial charge in [0.25, 0.3) is 0 Å². The van der Waals surface area contributed by atoms with E-state index in [1.54, 1.807) is 18.3 Å². The van der Waals surface area contributed by atoms with Gasteiger partial charge in [0.05, 0.1) is 12.7 Å². The smallest absolute Gasteiger partial charge is 0.339 e. The number of nitrogens with one attached hydrogen (secondary N) is 1. The second kappa shape index (κ2) is 4.71. The van der Waals surface area contributed by atoms with Crippen molar-refractivity contribution in [2.75, 3.05) is 12.4 Å². The lowest BCUT2D eigenvalue weighted by atomic mass is 10.3. The van der Waals surface area contributed by atoms with E-state index in [4.69, 9.17) is 0 Å². The van der Waals surface area contributed by atoms with Crippen LogP contribution >= 0.6 is 11.3 Å². The van der Waals surface area contributed by atoms with Crippen molar-refractivity contribution in [2.24, 2.45) is 0 Å². The van der Waals surface area contributed by atoms with E-state index in [9.17, 15) is 4.79 Å². The van der Waals surface area contributed by atoms with Crippen LogP contribution in [-0.4, -0.2) is 23.0 Å². The van der Waals surface area contributed by atoms with E-state index in [2.05, 4.69) is 20.0 Å². The molecule has 0 aliphatic rings. The lowest BCUT2D eigenvalue weighted by molar-refractivity contribution is 0.0600. The fraction of sp³-hybridized carbons (Fsp3) is 0.100. The molecule has 0 saturated heterocycles. The second-order valence-electron chi connectivity index (χ2n) is 2.89. The molecule has 0 unspecified atom stereocenters. The van der Waals surface area contributed by atoms with Crippen molar-refractivity contribution in [3.05, 3.63) is 35.5 Å². The van der Waals surface area contributed by atoms with Crippen LogP contribution in [0.15, 0.2) is 29.9 Å². The van der Waals surface area contributed by atoms with Crippen LogP contribution in [0.5, 0.6) is 0 Å². The SMILES string of the molecule is COC(=O)c1ccc(Nc2nccs2)nc1. The summed E-state index contributed by atoms with van der Waals surface area (Å²) in [6.07, 6.45) is 3.16. The third-order valence-electron chi connectivity index (χ3n) is 1.85. The molecule has 1 N–H and O–H groups in total. The van der Waals surface area contributed by atoms with E-state index >= 15 is 0 Å². The second-order valence-corrected chi connectivity index (χ2v) is 3.78. The molecule has 0 aliphatic carbocycles. The molecule has 16 heavy (non-hydrogen) atoms. The maximum atomic E-state index is 11.1. The number of aromatic nitrogens is 2. The van der Waals surface area contributed by atoms with Gasteiger partial charge in [0.2, 0.25) is 0 Å². The molecule has 2 rings (SSSR count). The fourth-order valence-electron chi connectivity index (χ4n) is 1.10. The van der Waals surface area contributed by atoms with Gasteiger partial charge in [-0.15, -0.1) is 11.3 Å². The summed E-state index contributed by atoms with van der Waals surface area (Å²) in [5.41, 5.74) is 0.423. The van der Waals surface area contributed by atoms with Crippen molar-refractivity contribution < 1.29 is 9.53 Å². The molecule has 2 aromatic heterocycles. The Bertz CT molecular complexity index is 467. The topological polar surface area (TPSA) is 64.1 Å². The Morgan fingerprint density at radius 3 is 2.88 bits per heavy atom. The summed E-state index contributed by atoms with van der Waals surface area (Å²) < 4.78 is 4.57. The third kappa shape index (κ3) is 2.34. The Labute approximate surface area is 96.1 Å². The van der Waals surface area contributed by atoms with Crippen molar-refractivity contribution in [1.29, 1.82) is 0 Å². The highest BCUT2D eigenvalue weighted by molar-refractivity contribution is 7.13. The number of nitrogens with zero attached hydrogens (tertiary/aromatic N) is 2. The first-order valence-corrected chi connectivity index (χ1v) is 5.38. The van der Waals surface area contributed by atoms with Crippen LogP contribution in [0, 0.1) is 0 Å². The molecule has 0 aromatic carbocycles. The molecule has 0 bridgehead atoms. The highest BCUT2D eigenvalue weighted by atomic mass is 32.1. The third-order valence-corrected chi connectivity index (χ3v) is 2.54. The van der Waals surface area contributed by atoms with E-state index in [0.717, 1.165) is 5.13 Å². The van der Waals surface area contributed by atoms with Crippen LogP contribution in [0.3, 0.4) is 0 Å². The zero-order valence-electron chi connectivity index (χ0n) is 8.51. The van der Waals surface area contributed by atoms with Crippen LogP contribution < -0.4 is 5.32 Å². The number of methoxy groups -OCH3 is 1. The summed E-state index contributed by atoms with van der Waals surface area (Å²) in [5, 5.41) is 5.64. The summed E-state index contributed by atoms with van der Waals surface area (Å²) in [7, 11) is 1.34. The van der Waals surface area contributed by atoms with Gasteiger partial charge >= 0.3 is 5.97 Å². The molecular weight excluding hydrogens is 226 g/mol. The number of hydrogen-bond acceptors (Lipinski definition) is 6. The number of anilines is 2. The van der Waals surface area contributed by atoms with Crippen LogP contribution in [-0.2, 0) is 4.74 Å². The first-order chi connectivity index (χ1) is 7.79. The van der Waals surface area contributed by atoms with Crippen molar-refractivity contribution in [1.82, 2.24) is 9.97 Å². The summed E-state index contributed by atoms with van der Waals surface area (Å²) in [4.78, 5) is 19.3. The minimum absolute atomic E-state index is 0.395. The van der Waals surface area contributed by atoms with Gasteiger partial charge in [0.15, 0.2) is 5.13 Å². The first-order valence-electron chi connectivity index (χ1n) is 4.50. The highest BCUT2D eigenvalue weighted by Gasteiger charge is 2.05. The summed E-state index contributed by atoms with van der Waals surface area (Å²) >= 11 is 1.48. The predicted octanol–water partition coefficient (Wildman–Crippen LogP) is 2.07. The lowest BCUT2D eigenvalue weighted by Gasteiger charge is -2.02. The Kier molecular flexibility index (Phi) is 3.11. The van der Waals surface area contributed by atoms with Crippen molar-refractivity contribution >= 4 is 28.3 Å². The van der Waals surface area contributed by atoms with Gasteiger partial charge in [-0.3, -0.25) is 0 Å². The Morgan fingerprint density at radius 1 is 1.44 bits per heavy atom. The van der Waals surface area contributed by atoms with Gasteiger partial charge in [-0.25, -0.2) is 14.8 Å². The number of esters is 1. The molecule has 0 aliphatic heterocycles. The van der Waals surface area contributed by atoms with Crippen LogP contribution in [0.2, 0.25) is 0 Å². The van der Waals surface area contributed by atoms with Gasteiger partial charge in [-0.1, -0.05) is 0 Å². The molecule has 0 amide bonds. The molecule has 6 heteroatoms. The van der Waals surface area contributed by atoms with Crippen molar-refractivity contribution in [3.63, 3.8) is 0 Å². The molecular formula is C10H9N3O2S. The number of carbonyl (C=O) groups excluding carboxylic acids is 1. The van der Waals surface area contributed by atoms with E-state index < -0.39 is 5.97 Å². The number of carbonyl (C=O) groups is 1. The van der Waals surface area contributed by atoms with E-state index in [1.165, 1.54) is 24.6 Å². The molecule has 0 radical (unpaired) electrons. The maximum Gasteiger partial charge on any atom is 0.339 e. The van der Waals surface area contributed by atoms with Crippen molar-refractivity contribution in [2.45, 2.75) is 0 Å². The molecule has 2 aromatic rings. The molecule has 0 fully saturated rings. The van der Waals surface area contributed by atoms with E-state index in [1.807, 2.05) is 5.38 Å². The molecule has 0 spiro atoms. The number of rotatable bonds is 3. The van der Waals surface area contributed by atoms with Gasteiger partial charge in [0.1, 0.15) is 5.82 Å². The number of thiazole rings is 1. The molecule has 5 nitrogen and oxygen atoms in total. The van der Waals surface area contributed by atoms with Crippen molar-refractivity contribution in [3.8, 4) is 0 Å². The largest absolute Gasteiger partial charge is 0.465 e. The van der Waals surface area contributed by atoms with Crippen LogP contribution in [0.4, 0.5) is 10.9 Å². The Hall–Kier alpha value is -1.95. The molecule has 2 heterocycles. The zero-order chi connectivity index (χ0) is 11.4. The van der Waals surface area contributed by atoms with Gasteiger partial charge in [-0.05, 0) is 12.1 Å². The number of hydrogen-bond donors (Lipinski definition) is 1. The highest BCUT2D eigenvalue weighted by Crippen LogP contribution is 2.16. The molecule has 0 atom stereocenters. The Morgan fingerprint density at radius 2 is 2.31 bits per heavy atom. The normalized spacial score (nSPS) is 9.81. The van der Waals surface area contributed by atoms with Crippen LogP contribution in [0.25, 0.3) is 0 Å². The van der Waals surface area contributed by atoms with E-state index in [0.29, 0.717) is 11.4 Å². The number of ether oxygens (including phenoxy) is 1. The number of pyridine rings is 1. The summed E-state index contributed by atoms with van der Waals surface area (Å²) in [5.74, 6) is 0.246. The monoisotopic (exact) mass is 235 g/mol. The standard InChI is InChI=1S/C10H9N3O2S/c1-15-9(14)7-2-3-8(12-6-7)13-10-11-4-5-16-10/h2-6H,1H3,(H,11,12,13).